The maximum atomic E-state index is 12.0. The average molecular weight is 353 g/mol. The number of amides is 3. The van der Waals surface area contributed by atoms with Crippen molar-refractivity contribution in [2.75, 3.05) is 25.0 Å². The molecule has 1 aromatic rings. The molecule has 0 aliphatic carbocycles. The molecule has 7 heteroatoms. The Hall–Kier alpha value is -1.79. The zero-order valence-electron chi connectivity index (χ0n) is 14.1. The zero-order valence-corrected chi connectivity index (χ0v) is 14.9. The molecule has 0 bridgehead atoms. The number of hydrogen-bond acceptors (Lipinski definition) is 3. The Kier molecular flexibility index (Phi) is 6.87. The van der Waals surface area contributed by atoms with Gasteiger partial charge in [-0.25, -0.2) is 4.79 Å². The molecule has 24 heavy (non-hydrogen) atoms. The molecular formula is C17H25ClN4O2. The SMILES string of the molecule is CC(C)NC(=O)c1ccc(NC(=O)NCC2CCNCC2)cc1Cl. The molecule has 1 aliphatic rings. The maximum Gasteiger partial charge on any atom is 0.319 e. The maximum absolute atomic E-state index is 12.0. The van der Waals surface area contributed by atoms with Crippen molar-refractivity contribution >= 4 is 29.2 Å². The highest BCUT2D eigenvalue weighted by Gasteiger charge is 2.15. The number of carbonyl (C=O) groups excluding carboxylic acids is 2. The van der Waals surface area contributed by atoms with Gasteiger partial charge in [-0.3, -0.25) is 4.79 Å². The second-order valence-electron chi connectivity index (χ2n) is 6.35. The number of piperidine rings is 1. The van der Waals surface area contributed by atoms with Gasteiger partial charge in [0.2, 0.25) is 0 Å². The van der Waals surface area contributed by atoms with Gasteiger partial charge in [0, 0.05) is 18.3 Å². The van der Waals surface area contributed by atoms with Gasteiger partial charge >= 0.3 is 6.03 Å². The van der Waals surface area contributed by atoms with Crippen LogP contribution in [-0.4, -0.2) is 37.6 Å². The lowest BCUT2D eigenvalue weighted by molar-refractivity contribution is 0.0943. The van der Waals surface area contributed by atoms with E-state index in [0.717, 1.165) is 25.9 Å². The predicted molar refractivity (Wildman–Crippen MR) is 96.7 cm³/mol. The molecule has 0 aromatic heterocycles. The summed E-state index contributed by atoms with van der Waals surface area (Å²) >= 11 is 6.15. The van der Waals surface area contributed by atoms with Crippen LogP contribution in [0.4, 0.5) is 10.5 Å². The summed E-state index contributed by atoms with van der Waals surface area (Å²) in [4.78, 5) is 24.0. The van der Waals surface area contributed by atoms with Crippen molar-refractivity contribution in [1.82, 2.24) is 16.0 Å². The lowest BCUT2D eigenvalue weighted by atomic mass is 9.98. The van der Waals surface area contributed by atoms with Gasteiger partial charge in [0.05, 0.1) is 10.6 Å². The molecule has 0 saturated carbocycles. The monoisotopic (exact) mass is 352 g/mol. The molecular weight excluding hydrogens is 328 g/mol. The molecule has 0 spiro atoms. The Morgan fingerprint density at radius 1 is 1.29 bits per heavy atom. The molecule has 4 N–H and O–H groups in total. The summed E-state index contributed by atoms with van der Waals surface area (Å²) < 4.78 is 0. The highest BCUT2D eigenvalue weighted by molar-refractivity contribution is 6.34. The van der Waals surface area contributed by atoms with Gasteiger partial charge in [0.1, 0.15) is 0 Å². The lowest BCUT2D eigenvalue weighted by Crippen LogP contribution is -2.37. The molecule has 2 rings (SSSR count). The van der Waals surface area contributed by atoms with Crippen molar-refractivity contribution in [3.05, 3.63) is 28.8 Å². The van der Waals surface area contributed by atoms with Crippen LogP contribution in [0.2, 0.25) is 5.02 Å². The topological polar surface area (TPSA) is 82.3 Å². The van der Waals surface area contributed by atoms with E-state index in [9.17, 15) is 9.59 Å². The Morgan fingerprint density at radius 2 is 2.00 bits per heavy atom. The fourth-order valence-corrected chi connectivity index (χ4v) is 2.88. The van der Waals surface area contributed by atoms with E-state index >= 15 is 0 Å². The third-order valence-corrected chi connectivity index (χ3v) is 4.21. The minimum absolute atomic E-state index is 0.0344. The number of benzene rings is 1. The van der Waals surface area contributed by atoms with Gasteiger partial charge in [-0.2, -0.15) is 0 Å². The van der Waals surface area contributed by atoms with Gasteiger partial charge in [-0.1, -0.05) is 11.6 Å². The van der Waals surface area contributed by atoms with E-state index in [1.54, 1.807) is 18.2 Å². The molecule has 1 saturated heterocycles. The second-order valence-corrected chi connectivity index (χ2v) is 6.76. The Labute approximate surface area is 147 Å². The third-order valence-electron chi connectivity index (χ3n) is 3.90. The summed E-state index contributed by atoms with van der Waals surface area (Å²) in [7, 11) is 0. The van der Waals surface area contributed by atoms with E-state index in [1.165, 1.54) is 0 Å². The molecule has 3 amide bonds. The van der Waals surface area contributed by atoms with Crippen LogP contribution >= 0.6 is 11.6 Å². The molecule has 1 fully saturated rings. The average Bonchev–Trinajstić information content (AvgIpc) is 2.53. The fourth-order valence-electron chi connectivity index (χ4n) is 2.62. The fraction of sp³-hybridized carbons (Fsp3) is 0.529. The molecule has 132 valence electrons. The summed E-state index contributed by atoms with van der Waals surface area (Å²) in [6.45, 7) is 6.44. The minimum Gasteiger partial charge on any atom is -0.350 e. The Bertz CT molecular complexity index is 586. The minimum atomic E-state index is -0.260. The first-order valence-corrected chi connectivity index (χ1v) is 8.69. The molecule has 0 unspecified atom stereocenters. The molecule has 1 heterocycles. The number of hydrogen-bond donors (Lipinski definition) is 4. The van der Waals surface area contributed by atoms with Crippen LogP contribution in [0, 0.1) is 5.92 Å². The van der Waals surface area contributed by atoms with E-state index in [2.05, 4.69) is 21.3 Å². The quantitative estimate of drug-likeness (QED) is 0.657. The van der Waals surface area contributed by atoms with E-state index in [1.807, 2.05) is 13.8 Å². The number of rotatable bonds is 5. The summed E-state index contributed by atoms with van der Waals surface area (Å²) in [6.07, 6.45) is 2.15. The Morgan fingerprint density at radius 3 is 2.62 bits per heavy atom. The Balaban J connectivity index is 1.86. The normalized spacial score (nSPS) is 15.2. The van der Waals surface area contributed by atoms with E-state index < -0.39 is 0 Å². The van der Waals surface area contributed by atoms with Crippen molar-refractivity contribution in [3.8, 4) is 0 Å². The van der Waals surface area contributed by atoms with Gasteiger partial charge in [0.15, 0.2) is 0 Å². The third kappa shape index (κ3) is 5.69. The van der Waals surface area contributed by atoms with Crippen LogP contribution in [-0.2, 0) is 0 Å². The highest BCUT2D eigenvalue weighted by atomic mass is 35.5. The highest BCUT2D eigenvalue weighted by Crippen LogP contribution is 2.21. The number of urea groups is 1. The first kappa shape index (κ1) is 18.5. The predicted octanol–water partition coefficient (Wildman–Crippen LogP) is 2.60. The van der Waals surface area contributed by atoms with Crippen LogP contribution in [0.15, 0.2) is 18.2 Å². The molecule has 1 aromatic carbocycles. The van der Waals surface area contributed by atoms with Crippen LogP contribution in [0.25, 0.3) is 0 Å². The van der Waals surface area contributed by atoms with Crippen LogP contribution < -0.4 is 21.3 Å². The number of nitrogens with one attached hydrogen (secondary N) is 4. The van der Waals surface area contributed by atoms with Crippen molar-refractivity contribution < 1.29 is 9.59 Å². The first-order chi connectivity index (χ1) is 11.5. The summed E-state index contributed by atoms with van der Waals surface area (Å²) in [5.41, 5.74) is 0.954. The standard InChI is InChI=1S/C17H25ClN4O2/c1-11(2)21-16(23)14-4-3-13(9-15(14)18)22-17(24)20-10-12-5-7-19-8-6-12/h3-4,9,11-12,19H,5-8,10H2,1-2H3,(H,21,23)(H2,20,22,24). The number of halogens is 1. The molecule has 1 aliphatic heterocycles. The van der Waals surface area contributed by atoms with Crippen LogP contribution in [0.3, 0.4) is 0 Å². The van der Waals surface area contributed by atoms with Gasteiger partial charge in [-0.15, -0.1) is 0 Å². The van der Waals surface area contributed by atoms with E-state index in [0.29, 0.717) is 28.7 Å². The van der Waals surface area contributed by atoms with Gasteiger partial charge < -0.3 is 21.3 Å². The van der Waals surface area contributed by atoms with Crippen LogP contribution in [0.1, 0.15) is 37.0 Å². The van der Waals surface area contributed by atoms with Crippen molar-refractivity contribution in [1.29, 1.82) is 0 Å². The van der Waals surface area contributed by atoms with Crippen molar-refractivity contribution in [3.63, 3.8) is 0 Å². The molecule has 0 atom stereocenters. The summed E-state index contributed by atoms with van der Waals surface area (Å²) in [5.74, 6) is 0.291. The second kappa shape index (κ2) is 8.89. The van der Waals surface area contributed by atoms with Crippen LogP contribution in [0.5, 0.6) is 0 Å². The lowest BCUT2D eigenvalue weighted by Gasteiger charge is -2.22. The van der Waals surface area contributed by atoms with E-state index in [-0.39, 0.29) is 18.0 Å². The largest absolute Gasteiger partial charge is 0.350 e. The van der Waals surface area contributed by atoms with Crippen molar-refractivity contribution in [2.45, 2.75) is 32.7 Å². The summed E-state index contributed by atoms with van der Waals surface area (Å²) in [6, 6.07) is 4.64. The van der Waals surface area contributed by atoms with E-state index in [4.69, 9.17) is 11.6 Å². The van der Waals surface area contributed by atoms with Gasteiger partial charge in [-0.05, 0) is 63.9 Å². The smallest absolute Gasteiger partial charge is 0.319 e. The summed E-state index contributed by atoms with van der Waals surface area (Å²) in [5, 5.41) is 12.0. The van der Waals surface area contributed by atoms with Gasteiger partial charge in [0.25, 0.3) is 5.91 Å². The molecule has 0 radical (unpaired) electrons. The number of anilines is 1. The first-order valence-electron chi connectivity index (χ1n) is 8.31. The van der Waals surface area contributed by atoms with Crippen molar-refractivity contribution in [2.24, 2.45) is 5.92 Å². The zero-order chi connectivity index (χ0) is 17.5. The molecule has 6 nitrogen and oxygen atoms in total. The number of carbonyl (C=O) groups is 2.